The lowest BCUT2D eigenvalue weighted by Gasteiger charge is -2.01. The van der Waals surface area contributed by atoms with Crippen LogP contribution in [0.2, 0.25) is 0 Å². The SMILES string of the molecule is O=CN1CC[S+]([O-])C1. The highest BCUT2D eigenvalue weighted by atomic mass is 32.2. The van der Waals surface area contributed by atoms with Crippen molar-refractivity contribution < 1.29 is 9.35 Å². The molecule has 1 aliphatic rings. The Labute approximate surface area is 50.8 Å². The van der Waals surface area contributed by atoms with Crippen molar-refractivity contribution in [3.05, 3.63) is 0 Å². The zero-order valence-corrected chi connectivity index (χ0v) is 5.19. The van der Waals surface area contributed by atoms with Gasteiger partial charge in [0.2, 0.25) is 6.41 Å². The highest BCUT2D eigenvalue weighted by Gasteiger charge is 2.20. The highest BCUT2D eigenvalue weighted by Crippen LogP contribution is 2.02. The molecule has 0 aromatic rings. The van der Waals surface area contributed by atoms with Crippen molar-refractivity contribution in [1.29, 1.82) is 0 Å². The van der Waals surface area contributed by atoms with Crippen molar-refractivity contribution in [2.45, 2.75) is 0 Å². The van der Waals surface area contributed by atoms with Gasteiger partial charge in [0.1, 0.15) is 5.75 Å². The third-order valence-corrected chi connectivity index (χ3v) is 2.32. The van der Waals surface area contributed by atoms with E-state index in [1.54, 1.807) is 0 Å². The molecule has 46 valence electrons. The fourth-order valence-electron chi connectivity index (χ4n) is 0.616. The Morgan fingerprint density at radius 3 is 2.75 bits per heavy atom. The fourth-order valence-corrected chi connectivity index (χ4v) is 1.74. The standard InChI is InChI=1S/C4H7NO2S/c6-3-5-1-2-8(7)4-5/h3H,1-2,4H2. The molecule has 1 saturated heterocycles. The number of nitrogens with zero attached hydrogens (tertiary/aromatic N) is 1. The van der Waals surface area contributed by atoms with E-state index >= 15 is 0 Å². The molecule has 1 rings (SSSR count). The monoisotopic (exact) mass is 133 g/mol. The van der Waals surface area contributed by atoms with E-state index in [4.69, 9.17) is 0 Å². The highest BCUT2D eigenvalue weighted by molar-refractivity contribution is 7.91. The zero-order valence-electron chi connectivity index (χ0n) is 4.37. The molecule has 1 atom stereocenters. The molecule has 1 aliphatic heterocycles. The van der Waals surface area contributed by atoms with Gasteiger partial charge in [-0.3, -0.25) is 9.69 Å². The van der Waals surface area contributed by atoms with Crippen molar-refractivity contribution in [3.8, 4) is 0 Å². The second-order valence-electron chi connectivity index (χ2n) is 1.69. The second-order valence-corrected chi connectivity index (χ2v) is 3.24. The number of carbonyl (C=O) groups is 1. The van der Waals surface area contributed by atoms with Crippen LogP contribution in [0.15, 0.2) is 0 Å². The molecule has 0 aromatic heterocycles. The van der Waals surface area contributed by atoms with Crippen LogP contribution in [0.25, 0.3) is 0 Å². The third kappa shape index (κ3) is 1.14. The molecule has 4 heteroatoms. The van der Waals surface area contributed by atoms with E-state index in [2.05, 4.69) is 0 Å². The quantitative estimate of drug-likeness (QED) is 0.346. The Hall–Kier alpha value is -0.220. The average molecular weight is 133 g/mol. The number of rotatable bonds is 1. The second kappa shape index (κ2) is 2.37. The van der Waals surface area contributed by atoms with Gasteiger partial charge in [0.25, 0.3) is 0 Å². The summed E-state index contributed by atoms with van der Waals surface area (Å²) in [6, 6.07) is 0. The predicted molar refractivity (Wildman–Crippen MR) is 30.6 cm³/mol. The molecule has 0 bridgehead atoms. The van der Waals surface area contributed by atoms with Gasteiger partial charge in [-0.05, 0) is 11.2 Å². The first-order chi connectivity index (χ1) is 3.83. The van der Waals surface area contributed by atoms with Crippen LogP contribution in [0.4, 0.5) is 0 Å². The topological polar surface area (TPSA) is 43.4 Å². The zero-order chi connectivity index (χ0) is 5.98. The lowest BCUT2D eigenvalue weighted by molar-refractivity contribution is -0.116. The summed E-state index contributed by atoms with van der Waals surface area (Å²) in [5.74, 6) is 1.09. The Morgan fingerprint density at radius 1 is 1.75 bits per heavy atom. The molecule has 1 unspecified atom stereocenters. The molecule has 0 saturated carbocycles. The maximum absolute atomic E-state index is 10.5. The summed E-state index contributed by atoms with van der Waals surface area (Å²) >= 11 is -0.758. The van der Waals surface area contributed by atoms with Gasteiger partial charge in [-0.25, -0.2) is 0 Å². The van der Waals surface area contributed by atoms with Crippen molar-refractivity contribution in [3.63, 3.8) is 0 Å². The molecular formula is C4H7NO2S. The van der Waals surface area contributed by atoms with Crippen LogP contribution in [0.5, 0.6) is 0 Å². The van der Waals surface area contributed by atoms with Crippen molar-refractivity contribution in [2.75, 3.05) is 18.2 Å². The van der Waals surface area contributed by atoms with Gasteiger partial charge in [0.05, 0.1) is 6.54 Å². The van der Waals surface area contributed by atoms with Crippen LogP contribution >= 0.6 is 0 Å². The summed E-state index contributed by atoms with van der Waals surface area (Å²) in [6.07, 6.45) is 0.741. The van der Waals surface area contributed by atoms with E-state index in [0.29, 0.717) is 18.2 Å². The van der Waals surface area contributed by atoms with Gasteiger partial charge >= 0.3 is 0 Å². The maximum Gasteiger partial charge on any atom is 0.213 e. The first kappa shape index (κ1) is 5.91. The predicted octanol–water partition coefficient (Wildman–Crippen LogP) is -0.835. The first-order valence-corrected chi connectivity index (χ1v) is 3.86. The van der Waals surface area contributed by atoms with Crippen LogP contribution in [-0.2, 0) is 16.0 Å². The van der Waals surface area contributed by atoms with Gasteiger partial charge in [-0.2, -0.15) is 0 Å². The minimum absolute atomic E-state index is 0.434. The smallest absolute Gasteiger partial charge is 0.213 e. The molecular weight excluding hydrogens is 126 g/mol. The Morgan fingerprint density at radius 2 is 2.50 bits per heavy atom. The van der Waals surface area contributed by atoms with Crippen LogP contribution in [0, 0.1) is 0 Å². The first-order valence-electron chi connectivity index (χ1n) is 2.37. The van der Waals surface area contributed by atoms with Gasteiger partial charge in [0, 0.05) is 0 Å². The molecule has 1 amide bonds. The molecule has 0 N–H and O–H groups in total. The molecule has 8 heavy (non-hydrogen) atoms. The minimum atomic E-state index is -0.758. The number of hydrogen-bond acceptors (Lipinski definition) is 2. The molecule has 1 heterocycles. The lowest BCUT2D eigenvalue weighted by Crippen LogP contribution is -2.17. The third-order valence-electron chi connectivity index (χ3n) is 1.07. The van der Waals surface area contributed by atoms with E-state index in [-0.39, 0.29) is 0 Å². The van der Waals surface area contributed by atoms with E-state index in [0.717, 1.165) is 6.41 Å². The number of carbonyl (C=O) groups excluding carboxylic acids is 1. The van der Waals surface area contributed by atoms with Crippen LogP contribution < -0.4 is 0 Å². The lowest BCUT2D eigenvalue weighted by atomic mass is 10.7. The number of hydrogen-bond donors (Lipinski definition) is 0. The summed E-state index contributed by atoms with van der Waals surface area (Å²) in [7, 11) is 0. The van der Waals surface area contributed by atoms with Crippen molar-refractivity contribution in [2.24, 2.45) is 0 Å². The molecule has 0 radical (unpaired) electrons. The Balaban J connectivity index is 2.32. The molecule has 0 aliphatic carbocycles. The van der Waals surface area contributed by atoms with Crippen LogP contribution in [-0.4, -0.2) is 34.0 Å². The summed E-state index contributed by atoms with van der Waals surface area (Å²) in [5, 5.41) is 0. The van der Waals surface area contributed by atoms with Gasteiger partial charge in [-0.1, -0.05) is 0 Å². The van der Waals surface area contributed by atoms with Gasteiger partial charge in [-0.15, -0.1) is 0 Å². The molecule has 1 fully saturated rings. The van der Waals surface area contributed by atoms with E-state index in [1.165, 1.54) is 4.90 Å². The molecule has 3 nitrogen and oxygen atoms in total. The van der Waals surface area contributed by atoms with E-state index < -0.39 is 11.2 Å². The van der Waals surface area contributed by atoms with Gasteiger partial charge in [0.15, 0.2) is 5.88 Å². The van der Waals surface area contributed by atoms with E-state index in [1.807, 2.05) is 0 Å². The van der Waals surface area contributed by atoms with Gasteiger partial charge < -0.3 is 4.55 Å². The largest absolute Gasteiger partial charge is 0.615 e. The van der Waals surface area contributed by atoms with E-state index in [9.17, 15) is 9.35 Å². The molecule has 0 aromatic carbocycles. The summed E-state index contributed by atoms with van der Waals surface area (Å²) < 4.78 is 10.5. The Kier molecular flexibility index (Phi) is 1.75. The fraction of sp³-hybridized carbons (Fsp3) is 0.750. The van der Waals surface area contributed by atoms with Crippen LogP contribution in [0.1, 0.15) is 0 Å². The molecule has 0 spiro atoms. The van der Waals surface area contributed by atoms with Crippen molar-refractivity contribution >= 4 is 17.6 Å². The normalized spacial score (nSPS) is 28.6. The average Bonchev–Trinajstić information content (AvgIpc) is 2.14. The summed E-state index contributed by atoms with van der Waals surface area (Å²) in [5.41, 5.74) is 0. The minimum Gasteiger partial charge on any atom is -0.615 e. The maximum atomic E-state index is 10.5. The summed E-state index contributed by atoms with van der Waals surface area (Å²) in [6.45, 7) is 0.663. The van der Waals surface area contributed by atoms with Crippen LogP contribution in [0.3, 0.4) is 0 Å². The number of amides is 1. The Bertz CT molecular complexity index is 98.0. The summed E-state index contributed by atoms with van der Waals surface area (Å²) in [4.78, 5) is 11.5. The van der Waals surface area contributed by atoms with Crippen molar-refractivity contribution in [1.82, 2.24) is 4.90 Å².